The number of hydrogen-bond acceptors (Lipinski definition) is 4. The third-order valence-corrected chi connectivity index (χ3v) is 3.57. The minimum atomic E-state index is -0.478. The zero-order valence-corrected chi connectivity index (χ0v) is 14.0. The molecule has 0 aliphatic rings. The molecule has 0 bridgehead atoms. The van der Waals surface area contributed by atoms with Gasteiger partial charge in [-0.05, 0) is 60.9 Å². The van der Waals surface area contributed by atoms with Crippen LogP contribution in [-0.2, 0) is 17.8 Å². The van der Waals surface area contributed by atoms with Gasteiger partial charge in [0.15, 0.2) is 0 Å². The molecule has 0 atom stereocenters. The van der Waals surface area contributed by atoms with Crippen molar-refractivity contribution in [3.05, 3.63) is 52.2 Å². The summed E-state index contributed by atoms with van der Waals surface area (Å²) in [6, 6.07) is 10.1. The molecule has 22 heavy (non-hydrogen) atoms. The van der Waals surface area contributed by atoms with Gasteiger partial charge in [-0.15, -0.1) is 0 Å². The van der Waals surface area contributed by atoms with E-state index in [2.05, 4.69) is 27.5 Å². The molecule has 4 nitrogen and oxygen atoms in total. The van der Waals surface area contributed by atoms with Gasteiger partial charge in [0.25, 0.3) is 0 Å². The van der Waals surface area contributed by atoms with Crippen molar-refractivity contribution in [3.63, 3.8) is 0 Å². The van der Waals surface area contributed by atoms with E-state index in [1.807, 2.05) is 45.0 Å². The molecule has 2 aromatic rings. The smallest absolute Gasteiger partial charge is 0.407 e. The Labute approximate surface area is 135 Å². The molecule has 1 amide bonds. The summed E-state index contributed by atoms with van der Waals surface area (Å²) >= 11 is 1.69. The van der Waals surface area contributed by atoms with Gasteiger partial charge in [-0.3, -0.25) is 0 Å². The number of benzene rings is 1. The Morgan fingerprint density at radius 3 is 2.68 bits per heavy atom. The number of alkyl carbamates (subject to hydrolysis) is 1. The van der Waals surface area contributed by atoms with Crippen LogP contribution in [0, 0.1) is 0 Å². The Hall–Kier alpha value is -2.01. The molecule has 0 aliphatic heterocycles. The summed E-state index contributed by atoms with van der Waals surface area (Å²) < 4.78 is 5.22. The third-order valence-electron chi connectivity index (χ3n) is 2.84. The topological polar surface area (TPSA) is 50.4 Å². The molecule has 1 aromatic heterocycles. The fraction of sp³-hybridized carbons (Fsp3) is 0.353. The van der Waals surface area contributed by atoms with E-state index in [0.29, 0.717) is 6.54 Å². The summed E-state index contributed by atoms with van der Waals surface area (Å²) in [4.78, 5) is 11.7. The van der Waals surface area contributed by atoms with Gasteiger partial charge >= 0.3 is 6.09 Å². The Balaban J connectivity index is 1.84. The summed E-state index contributed by atoms with van der Waals surface area (Å²) in [5.74, 6) is 0. The van der Waals surface area contributed by atoms with Crippen LogP contribution in [0.25, 0.3) is 0 Å². The number of rotatable bonds is 5. The van der Waals surface area contributed by atoms with E-state index in [9.17, 15) is 4.79 Å². The second kappa shape index (κ2) is 7.31. The Kier molecular flexibility index (Phi) is 5.44. The first kappa shape index (κ1) is 16.4. The second-order valence-electron chi connectivity index (χ2n) is 6.04. The van der Waals surface area contributed by atoms with Crippen molar-refractivity contribution in [2.24, 2.45) is 0 Å². The Morgan fingerprint density at radius 1 is 1.18 bits per heavy atom. The number of hydrogen-bond donors (Lipinski definition) is 2. The van der Waals surface area contributed by atoms with Gasteiger partial charge in [0.2, 0.25) is 0 Å². The van der Waals surface area contributed by atoms with Gasteiger partial charge in [-0.1, -0.05) is 12.1 Å². The number of nitrogens with one attached hydrogen (secondary N) is 2. The molecule has 0 aliphatic carbocycles. The monoisotopic (exact) mass is 318 g/mol. The lowest BCUT2D eigenvalue weighted by molar-refractivity contribution is 0.0523. The highest BCUT2D eigenvalue weighted by molar-refractivity contribution is 7.07. The molecule has 118 valence electrons. The normalized spacial score (nSPS) is 11.0. The fourth-order valence-corrected chi connectivity index (χ4v) is 2.55. The van der Waals surface area contributed by atoms with Crippen molar-refractivity contribution in [3.8, 4) is 0 Å². The lowest BCUT2D eigenvalue weighted by atomic mass is 10.2. The maximum absolute atomic E-state index is 11.7. The van der Waals surface area contributed by atoms with Crippen LogP contribution in [-0.4, -0.2) is 11.7 Å². The van der Waals surface area contributed by atoms with Gasteiger partial charge in [0, 0.05) is 18.8 Å². The molecule has 1 aromatic carbocycles. The molecule has 2 N–H and O–H groups in total. The first-order chi connectivity index (χ1) is 10.4. The van der Waals surface area contributed by atoms with E-state index >= 15 is 0 Å². The summed E-state index contributed by atoms with van der Waals surface area (Å²) in [6.45, 7) is 6.79. The minimum absolute atomic E-state index is 0.399. The van der Waals surface area contributed by atoms with E-state index in [0.717, 1.165) is 17.8 Å². The van der Waals surface area contributed by atoms with Crippen LogP contribution in [0.3, 0.4) is 0 Å². The lowest BCUT2D eigenvalue weighted by Gasteiger charge is -2.19. The summed E-state index contributed by atoms with van der Waals surface area (Å²) in [5.41, 5.74) is 2.85. The highest BCUT2D eigenvalue weighted by Crippen LogP contribution is 2.14. The van der Waals surface area contributed by atoms with Crippen LogP contribution in [0.4, 0.5) is 10.5 Å². The Bertz CT molecular complexity index is 603. The number of carbonyl (C=O) groups excluding carboxylic acids is 1. The first-order valence-electron chi connectivity index (χ1n) is 7.23. The van der Waals surface area contributed by atoms with Crippen LogP contribution in [0.2, 0.25) is 0 Å². The van der Waals surface area contributed by atoms with Gasteiger partial charge in [-0.25, -0.2) is 4.79 Å². The Morgan fingerprint density at radius 2 is 2.00 bits per heavy atom. The fourth-order valence-electron chi connectivity index (χ4n) is 1.88. The molecule has 5 heteroatoms. The SMILES string of the molecule is CC(C)(C)OC(=O)NCc1cccc(NCc2ccsc2)c1. The summed E-state index contributed by atoms with van der Waals surface area (Å²) in [6.07, 6.45) is -0.399. The maximum Gasteiger partial charge on any atom is 0.407 e. The average molecular weight is 318 g/mol. The van der Waals surface area contributed by atoms with Crippen molar-refractivity contribution in [2.75, 3.05) is 5.32 Å². The number of thiophene rings is 1. The van der Waals surface area contributed by atoms with E-state index in [1.165, 1.54) is 5.56 Å². The van der Waals surface area contributed by atoms with Gasteiger partial charge in [0.1, 0.15) is 5.60 Å². The average Bonchev–Trinajstić information content (AvgIpc) is 2.95. The number of anilines is 1. The molecule has 0 radical (unpaired) electrons. The van der Waals surface area contributed by atoms with Crippen LogP contribution in [0.15, 0.2) is 41.1 Å². The van der Waals surface area contributed by atoms with E-state index in [-0.39, 0.29) is 0 Å². The number of amides is 1. The second-order valence-corrected chi connectivity index (χ2v) is 6.82. The molecule has 0 saturated heterocycles. The summed E-state index contributed by atoms with van der Waals surface area (Å²) in [5, 5.41) is 10.3. The van der Waals surface area contributed by atoms with Crippen molar-refractivity contribution in [1.82, 2.24) is 5.32 Å². The van der Waals surface area contributed by atoms with E-state index < -0.39 is 11.7 Å². The molecule has 0 fully saturated rings. The molecule has 1 heterocycles. The number of carbonyl (C=O) groups is 1. The summed E-state index contributed by atoms with van der Waals surface area (Å²) in [7, 11) is 0. The van der Waals surface area contributed by atoms with Crippen LogP contribution in [0.1, 0.15) is 31.9 Å². The molecule has 0 unspecified atom stereocenters. The van der Waals surface area contributed by atoms with Crippen molar-refractivity contribution in [1.29, 1.82) is 0 Å². The molecule has 2 rings (SSSR count). The van der Waals surface area contributed by atoms with E-state index in [1.54, 1.807) is 11.3 Å². The predicted octanol–water partition coefficient (Wildman–Crippen LogP) is 4.38. The standard InChI is InChI=1S/C17H22N2O2S/c1-17(2,3)21-16(20)19-10-13-5-4-6-15(9-13)18-11-14-7-8-22-12-14/h4-9,12,18H,10-11H2,1-3H3,(H,19,20). The predicted molar refractivity (Wildman–Crippen MR) is 91.2 cm³/mol. The highest BCUT2D eigenvalue weighted by atomic mass is 32.1. The quantitative estimate of drug-likeness (QED) is 0.860. The van der Waals surface area contributed by atoms with Gasteiger partial charge in [0.05, 0.1) is 0 Å². The van der Waals surface area contributed by atoms with E-state index in [4.69, 9.17) is 4.74 Å². The molecule has 0 spiro atoms. The van der Waals surface area contributed by atoms with Crippen molar-refractivity contribution in [2.45, 2.75) is 39.5 Å². The first-order valence-corrected chi connectivity index (χ1v) is 8.17. The third kappa shape index (κ3) is 5.77. The maximum atomic E-state index is 11.7. The highest BCUT2D eigenvalue weighted by Gasteiger charge is 2.15. The van der Waals surface area contributed by atoms with Crippen molar-refractivity contribution >= 4 is 23.1 Å². The zero-order valence-electron chi connectivity index (χ0n) is 13.2. The molecule has 0 saturated carbocycles. The molecular weight excluding hydrogens is 296 g/mol. The lowest BCUT2D eigenvalue weighted by Crippen LogP contribution is -2.32. The minimum Gasteiger partial charge on any atom is -0.444 e. The largest absolute Gasteiger partial charge is 0.444 e. The zero-order chi connectivity index (χ0) is 16.0. The van der Waals surface area contributed by atoms with Gasteiger partial charge in [-0.2, -0.15) is 11.3 Å². The van der Waals surface area contributed by atoms with Crippen LogP contribution in [0.5, 0.6) is 0 Å². The van der Waals surface area contributed by atoms with Crippen LogP contribution < -0.4 is 10.6 Å². The molecular formula is C17H22N2O2S. The van der Waals surface area contributed by atoms with Crippen LogP contribution >= 0.6 is 11.3 Å². The van der Waals surface area contributed by atoms with Crippen molar-refractivity contribution < 1.29 is 9.53 Å². The van der Waals surface area contributed by atoms with Gasteiger partial charge < -0.3 is 15.4 Å². The number of ether oxygens (including phenoxy) is 1.